The van der Waals surface area contributed by atoms with E-state index in [-0.39, 0.29) is 39.2 Å². The molecule has 5 heterocycles. The van der Waals surface area contributed by atoms with E-state index in [1.807, 2.05) is 0 Å². The average Bonchev–Trinajstić information content (AvgIpc) is 2.87. The van der Waals surface area contributed by atoms with Gasteiger partial charge in [0, 0.05) is 43.8 Å². The van der Waals surface area contributed by atoms with Gasteiger partial charge in [-0.3, -0.25) is 0 Å². The minimum absolute atomic E-state index is 0.0130. The summed E-state index contributed by atoms with van der Waals surface area (Å²) < 4.78 is 5.61. The second kappa shape index (κ2) is 14.1. The molecule has 0 radical (unpaired) electrons. The summed E-state index contributed by atoms with van der Waals surface area (Å²) in [5, 5.41) is 5.48. The Morgan fingerprint density at radius 2 is 0.882 bits per heavy atom. The lowest BCUT2D eigenvalue weighted by molar-refractivity contribution is 0.332. The Kier molecular flexibility index (Phi) is 8.68. The summed E-state index contributed by atoms with van der Waals surface area (Å²) in [6, 6.07) is 52.7. The first kappa shape index (κ1) is 46.7. The first-order chi connectivity index (χ1) is 35.7. The molecule has 8 aromatic carbocycles. The van der Waals surface area contributed by atoms with Crippen LogP contribution in [0.5, 0.6) is 0 Å². The number of fused-ring (bicyclic) bond motifs is 15. The number of nitrogens with zero attached hydrogens (tertiary/aromatic N) is 2. The molecule has 378 valence electrons. The van der Waals surface area contributed by atoms with Gasteiger partial charge in [-0.25, -0.2) is 0 Å². The fourth-order valence-electron chi connectivity index (χ4n) is 15.6. The van der Waals surface area contributed by atoms with Crippen LogP contribution in [0, 0.1) is 0 Å². The van der Waals surface area contributed by atoms with Crippen molar-refractivity contribution in [2.24, 2.45) is 0 Å². The van der Waals surface area contributed by atoms with Crippen molar-refractivity contribution in [1.29, 1.82) is 0 Å². The summed E-state index contributed by atoms with van der Waals surface area (Å²) in [6.07, 6.45) is 2.35. The normalized spacial score (nSPS) is 17.1. The van der Waals surface area contributed by atoms with E-state index >= 15 is 0 Å². The van der Waals surface area contributed by atoms with Crippen LogP contribution in [0.3, 0.4) is 0 Å². The molecule has 2 aliphatic carbocycles. The molecule has 0 saturated carbocycles. The molecule has 3 aliphatic heterocycles. The maximum absolute atomic E-state index is 2.83. The van der Waals surface area contributed by atoms with Gasteiger partial charge < -0.3 is 9.13 Å². The molecule has 0 unspecified atom stereocenters. The van der Waals surface area contributed by atoms with Crippen LogP contribution in [0.15, 0.2) is 127 Å². The summed E-state index contributed by atoms with van der Waals surface area (Å²) >= 11 is 0. The lowest BCUT2D eigenvalue weighted by Gasteiger charge is -2.45. The van der Waals surface area contributed by atoms with E-state index < -0.39 is 5.41 Å². The predicted octanol–water partition coefficient (Wildman–Crippen LogP) is 16.9. The van der Waals surface area contributed by atoms with Gasteiger partial charge in [0.25, 0.3) is 6.71 Å². The summed E-state index contributed by atoms with van der Waals surface area (Å²) in [5.41, 5.74) is 31.2. The molecular weight excluding hydrogens is 916 g/mol. The summed E-state index contributed by atoms with van der Waals surface area (Å²) in [6.45, 7) is 38.8. The molecule has 0 amide bonds. The Labute approximate surface area is 451 Å². The van der Waals surface area contributed by atoms with Crippen LogP contribution < -0.4 is 16.4 Å². The molecule has 1 spiro atoms. The molecule has 0 saturated heterocycles. The largest absolute Gasteiger partial charge is 0.310 e. The molecule has 2 aromatic heterocycles. The zero-order valence-electron chi connectivity index (χ0n) is 48.0. The Balaban J connectivity index is 1.25. The highest BCUT2D eigenvalue weighted by molar-refractivity contribution is 7.00. The number of benzene rings is 8. The maximum Gasteiger partial charge on any atom is 0.252 e. The van der Waals surface area contributed by atoms with Crippen LogP contribution >= 0.6 is 0 Å². The molecular formula is C73H73BN2. The molecule has 0 bridgehead atoms. The number of hydrogen-bond donors (Lipinski definition) is 0. The van der Waals surface area contributed by atoms with E-state index in [0.29, 0.717) is 0 Å². The Morgan fingerprint density at radius 1 is 0.382 bits per heavy atom. The predicted molar refractivity (Wildman–Crippen MR) is 326 cm³/mol. The highest BCUT2D eigenvalue weighted by Gasteiger charge is 2.55. The third kappa shape index (κ3) is 5.70. The van der Waals surface area contributed by atoms with Crippen molar-refractivity contribution in [2.75, 3.05) is 0 Å². The molecule has 0 atom stereocenters. The van der Waals surface area contributed by atoms with E-state index in [4.69, 9.17) is 0 Å². The van der Waals surface area contributed by atoms with Crippen molar-refractivity contribution in [3.63, 3.8) is 0 Å². The number of hydrogen-bond acceptors (Lipinski definition) is 0. The molecule has 2 nitrogen and oxygen atoms in total. The monoisotopic (exact) mass is 989 g/mol. The fourth-order valence-corrected chi connectivity index (χ4v) is 15.6. The van der Waals surface area contributed by atoms with Gasteiger partial charge in [0.1, 0.15) is 0 Å². The van der Waals surface area contributed by atoms with E-state index in [1.54, 1.807) is 0 Å². The van der Waals surface area contributed by atoms with Crippen LogP contribution in [-0.2, 0) is 37.9 Å². The van der Waals surface area contributed by atoms with Crippen molar-refractivity contribution in [3.05, 3.63) is 183 Å². The SMILES string of the molecule is CC(C)(C)c1ccc2c(c1)c1cc(C(C)(C)C)cc3c1n2-c1c(-c2ccc4c(c2)C(C)(C)CCC4(C)C)cc2c4c1B3c1cc(C(C)(C)C)cc3c5cc(C(C)(C)C)cc(c5n-4c13)C21c2ccccc2-c2ccccc21. The van der Waals surface area contributed by atoms with Crippen LogP contribution in [-0.4, -0.2) is 15.8 Å². The Morgan fingerprint density at radius 3 is 1.46 bits per heavy atom. The standard InChI is InChI=1S/C73H73BN2/c1-67(2,3)41-26-28-60-48(32-41)49-34-43(69(7,8)9)37-58-63(49)75(60)65-47(40-25-27-54-55(31-40)72(15,16)30-29-71(54,13)14)39-57-66-61(65)74(58)59-38-44(70(10,11)12)35-51-50-33-42(68(4,5)6)36-56(62(50)76(66)64(51)59)73(57)52-23-19-17-21-45(52)46-22-18-20-24-53(46)73/h17-28,31-39H,29-30H2,1-16H3. The zero-order chi connectivity index (χ0) is 53.1. The van der Waals surface area contributed by atoms with Crippen molar-refractivity contribution < 1.29 is 0 Å². The van der Waals surface area contributed by atoms with Crippen LogP contribution in [0.4, 0.5) is 0 Å². The lowest BCUT2D eigenvalue weighted by Crippen LogP contribution is -2.61. The lowest BCUT2D eigenvalue weighted by atomic mass is 9.33. The molecule has 3 heteroatoms. The van der Waals surface area contributed by atoms with Crippen LogP contribution in [0.1, 0.15) is 179 Å². The first-order valence-corrected chi connectivity index (χ1v) is 28.6. The van der Waals surface area contributed by atoms with Gasteiger partial charge in [-0.15, -0.1) is 0 Å². The fraction of sp³-hybridized carbons (Fsp3) is 0.342. The van der Waals surface area contributed by atoms with Gasteiger partial charge in [-0.05, 0) is 170 Å². The maximum atomic E-state index is 2.83. The van der Waals surface area contributed by atoms with Crippen molar-refractivity contribution >= 4 is 66.7 Å². The third-order valence-electron chi connectivity index (χ3n) is 19.9. The van der Waals surface area contributed by atoms with Gasteiger partial charge in [0.15, 0.2) is 0 Å². The Bertz CT molecular complexity index is 4270. The second-order valence-electron chi connectivity index (χ2n) is 29.6. The Hall–Kier alpha value is -6.58. The van der Waals surface area contributed by atoms with Crippen LogP contribution in [0.25, 0.3) is 77.2 Å². The molecule has 0 N–H and O–H groups in total. The van der Waals surface area contributed by atoms with Crippen molar-refractivity contribution in [1.82, 2.24) is 9.13 Å². The minimum Gasteiger partial charge on any atom is -0.310 e. The van der Waals surface area contributed by atoms with Gasteiger partial charge in [-0.1, -0.05) is 202 Å². The second-order valence-corrected chi connectivity index (χ2v) is 29.6. The van der Waals surface area contributed by atoms with E-state index in [2.05, 4.69) is 247 Å². The molecule has 10 aromatic rings. The molecule has 15 rings (SSSR count). The van der Waals surface area contributed by atoms with Gasteiger partial charge in [0.05, 0.1) is 22.1 Å². The number of aromatic nitrogens is 2. The third-order valence-corrected chi connectivity index (χ3v) is 19.9. The van der Waals surface area contributed by atoms with Gasteiger partial charge in [0.2, 0.25) is 0 Å². The zero-order valence-corrected chi connectivity index (χ0v) is 48.0. The van der Waals surface area contributed by atoms with Crippen molar-refractivity contribution in [2.45, 2.75) is 162 Å². The highest BCUT2D eigenvalue weighted by Crippen LogP contribution is 2.63. The van der Waals surface area contributed by atoms with E-state index in [9.17, 15) is 0 Å². The summed E-state index contributed by atoms with van der Waals surface area (Å²) in [5.74, 6) is 0. The molecule has 0 fully saturated rings. The highest BCUT2D eigenvalue weighted by atomic mass is 15.1. The van der Waals surface area contributed by atoms with E-state index in [0.717, 1.165) is 0 Å². The topological polar surface area (TPSA) is 9.86 Å². The van der Waals surface area contributed by atoms with Gasteiger partial charge >= 0.3 is 0 Å². The molecule has 5 aliphatic rings. The van der Waals surface area contributed by atoms with Crippen LogP contribution in [0.2, 0.25) is 0 Å². The quantitative estimate of drug-likeness (QED) is 0.145. The van der Waals surface area contributed by atoms with Gasteiger partial charge in [-0.2, -0.15) is 0 Å². The van der Waals surface area contributed by atoms with Crippen molar-refractivity contribution in [3.8, 4) is 33.6 Å². The summed E-state index contributed by atoms with van der Waals surface area (Å²) in [4.78, 5) is 0. The van der Waals surface area contributed by atoms with E-state index in [1.165, 1.54) is 162 Å². The summed E-state index contributed by atoms with van der Waals surface area (Å²) in [7, 11) is 0. The average molecular weight is 989 g/mol. The molecule has 76 heavy (non-hydrogen) atoms. The smallest absolute Gasteiger partial charge is 0.252 e. The first-order valence-electron chi connectivity index (χ1n) is 28.6. The minimum atomic E-state index is -0.607. The number of rotatable bonds is 1.